The SMILES string of the molecule is CCSCC(OCc1ccc(C(=O)NC(CCS(C)(=O)=O)C(=O)O)c(-c2ccccc2C)c1)c1ccc2c(c1)OCO2. The molecule has 1 amide bonds. The Morgan fingerprint density at radius 3 is 2.52 bits per heavy atom. The number of benzene rings is 3. The molecule has 0 aromatic heterocycles. The van der Waals surface area contributed by atoms with Crippen LogP contribution in [0.25, 0.3) is 11.1 Å². The van der Waals surface area contributed by atoms with Crippen molar-refractivity contribution >= 4 is 33.5 Å². The molecule has 1 aliphatic rings. The molecule has 3 aromatic rings. The van der Waals surface area contributed by atoms with Crippen LogP contribution in [0.15, 0.2) is 60.7 Å². The molecule has 9 nitrogen and oxygen atoms in total. The zero-order chi connectivity index (χ0) is 30.3. The van der Waals surface area contributed by atoms with E-state index in [4.69, 9.17) is 14.2 Å². The lowest BCUT2D eigenvalue weighted by Crippen LogP contribution is -2.42. The first-order valence-electron chi connectivity index (χ1n) is 13.5. The van der Waals surface area contributed by atoms with E-state index in [-0.39, 0.29) is 37.2 Å². The number of ether oxygens (including phenoxy) is 3. The third kappa shape index (κ3) is 8.27. The summed E-state index contributed by atoms with van der Waals surface area (Å²) in [6.45, 7) is 4.50. The molecule has 3 aromatic carbocycles. The lowest BCUT2D eigenvalue weighted by molar-refractivity contribution is -0.139. The van der Waals surface area contributed by atoms with Gasteiger partial charge in [-0.2, -0.15) is 11.8 Å². The minimum Gasteiger partial charge on any atom is -0.480 e. The van der Waals surface area contributed by atoms with Crippen molar-refractivity contribution in [2.24, 2.45) is 0 Å². The van der Waals surface area contributed by atoms with Crippen molar-refractivity contribution in [3.63, 3.8) is 0 Å². The summed E-state index contributed by atoms with van der Waals surface area (Å²) in [6, 6.07) is 17.4. The number of nitrogens with one attached hydrogen (secondary N) is 1. The minimum absolute atomic E-state index is 0.195. The van der Waals surface area contributed by atoms with E-state index in [1.807, 2.05) is 55.5 Å². The Labute approximate surface area is 250 Å². The van der Waals surface area contributed by atoms with Crippen LogP contribution >= 0.6 is 11.8 Å². The van der Waals surface area contributed by atoms with Gasteiger partial charge in [-0.3, -0.25) is 4.79 Å². The Morgan fingerprint density at radius 1 is 1.05 bits per heavy atom. The van der Waals surface area contributed by atoms with Crippen LogP contribution in [0.2, 0.25) is 0 Å². The van der Waals surface area contributed by atoms with Gasteiger partial charge in [-0.1, -0.05) is 43.3 Å². The van der Waals surface area contributed by atoms with E-state index in [2.05, 4.69) is 12.2 Å². The number of aliphatic carboxylic acids is 1. The van der Waals surface area contributed by atoms with Crippen molar-refractivity contribution in [3.05, 3.63) is 82.9 Å². The molecule has 0 fully saturated rings. The maximum Gasteiger partial charge on any atom is 0.326 e. The molecule has 0 saturated carbocycles. The fraction of sp³-hybridized carbons (Fsp3) is 0.355. The van der Waals surface area contributed by atoms with Crippen LogP contribution in [0.3, 0.4) is 0 Å². The van der Waals surface area contributed by atoms with E-state index < -0.39 is 27.8 Å². The number of carbonyl (C=O) groups is 2. The molecule has 224 valence electrons. The van der Waals surface area contributed by atoms with Gasteiger partial charge in [-0.25, -0.2) is 13.2 Å². The number of carbonyl (C=O) groups excluding carboxylic acids is 1. The molecule has 0 aliphatic carbocycles. The fourth-order valence-electron chi connectivity index (χ4n) is 4.58. The van der Waals surface area contributed by atoms with Crippen LogP contribution in [-0.2, 0) is 26.0 Å². The van der Waals surface area contributed by atoms with Gasteiger partial charge in [0, 0.05) is 17.6 Å². The molecule has 42 heavy (non-hydrogen) atoms. The lowest BCUT2D eigenvalue weighted by Gasteiger charge is -2.20. The summed E-state index contributed by atoms with van der Waals surface area (Å²) in [5.41, 5.74) is 4.48. The summed E-state index contributed by atoms with van der Waals surface area (Å²) in [5.74, 6) is 0.827. The Hall–Kier alpha value is -3.54. The van der Waals surface area contributed by atoms with E-state index in [0.29, 0.717) is 17.1 Å². The maximum absolute atomic E-state index is 13.4. The predicted octanol–water partition coefficient (Wildman–Crippen LogP) is 5.02. The molecule has 4 rings (SSSR count). The highest BCUT2D eigenvalue weighted by molar-refractivity contribution is 7.99. The third-order valence-electron chi connectivity index (χ3n) is 6.84. The molecule has 11 heteroatoms. The van der Waals surface area contributed by atoms with Gasteiger partial charge in [0.2, 0.25) is 6.79 Å². The summed E-state index contributed by atoms with van der Waals surface area (Å²) in [5, 5.41) is 12.1. The number of rotatable bonds is 14. The van der Waals surface area contributed by atoms with Crippen molar-refractivity contribution in [1.29, 1.82) is 0 Å². The molecule has 1 heterocycles. The number of aryl methyl sites for hydroxylation is 1. The van der Waals surface area contributed by atoms with Crippen LogP contribution in [0.5, 0.6) is 11.5 Å². The zero-order valence-electron chi connectivity index (χ0n) is 23.8. The largest absolute Gasteiger partial charge is 0.480 e. The van der Waals surface area contributed by atoms with Crippen molar-refractivity contribution in [1.82, 2.24) is 5.32 Å². The quantitative estimate of drug-likeness (QED) is 0.258. The molecule has 0 saturated heterocycles. The fourth-order valence-corrected chi connectivity index (χ4v) is 5.98. The van der Waals surface area contributed by atoms with Crippen LogP contribution in [-0.4, -0.2) is 61.7 Å². The lowest BCUT2D eigenvalue weighted by atomic mass is 9.93. The second-order valence-corrected chi connectivity index (χ2v) is 13.6. The van der Waals surface area contributed by atoms with Gasteiger partial charge >= 0.3 is 5.97 Å². The average Bonchev–Trinajstić information content (AvgIpc) is 3.43. The van der Waals surface area contributed by atoms with Crippen molar-refractivity contribution in [3.8, 4) is 22.6 Å². The van der Waals surface area contributed by atoms with Crippen LogP contribution in [0.1, 0.15) is 46.5 Å². The normalized spacial score (nSPS) is 13.9. The first kappa shape index (κ1) is 31.4. The van der Waals surface area contributed by atoms with Gasteiger partial charge in [-0.15, -0.1) is 0 Å². The highest BCUT2D eigenvalue weighted by Crippen LogP contribution is 2.36. The third-order valence-corrected chi connectivity index (χ3v) is 8.76. The maximum atomic E-state index is 13.4. The molecule has 2 N–H and O–H groups in total. The average molecular weight is 614 g/mol. The number of thioether (sulfide) groups is 1. The van der Waals surface area contributed by atoms with Crippen molar-refractivity contribution in [2.45, 2.75) is 39.0 Å². The zero-order valence-corrected chi connectivity index (χ0v) is 25.4. The minimum atomic E-state index is -3.40. The van der Waals surface area contributed by atoms with Gasteiger partial charge in [0.25, 0.3) is 5.91 Å². The summed E-state index contributed by atoms with van der Waals surface area (Å²) < 4.78 is 40.6. The Balaban J connectivity index is 1.60. The first-order valence-corrected chi connectivity index (χ1v) is 16.8. The smallest absolute Gasteiger partial charge is 0.326 e. The van der Waals surface area contributed by atoms with Gasteiger partial charge in [0.1, 0.15) is 15.9 Å². The summed E-state index contributed by atoms with van der Waals surface area (Å²) in [4.78, 5) is 25.2. The van der Waals surface area contributed by atoms with Crippen LogP contribution < -0.4 is 14.8 Å². The number of fused-ring (bicyclic) bond motifs is 1. The van der Waals surface area contributed by atoms with Crippen LogP contribution in [0.4, 0.5) is 0 Å². The second-order valence-electron chi connectivity index (χ2n) is 10.0. The van der Waals surface area contributed by atoms with Crippen molar-refractivity contribution in [2.75, 3.05) is 30.3 Å². The van der Waals surface area contributed by atoms with Gasteiger partial charge in [0.15, 0.2) is 11.5 Å². The standard InChI is InChI=1S/C31H35NO8S2/c1-4-41-18-29(22-10-12-27-28(16-22)40-19-39-27)38-17-21-9-11-24(25(15-21)23-8-6-5-7-20(23)2)30(33)32-26(31(34)35)13-14-42(3,36)37/h5-12,15-16,26,29H,4,13-14,17-19H2,1-3H3,(H,32,33)(H,34,35). The van der Waals surface area contributed by atoms with Gasteiger partial charge in [-0.05, 0) is 71.2 Å². The molecule has 0 radical (unpaired) electrons. The Kier molecular flexibility index (Phi) is 10.5. The number of hydrogen-bond acceptors (Lipinski definition) is 8. The topological polar surface area (TPSA) is 128 Å². The second kappa shape index (κ2) is 14.1. The molecule has 2 unspecified atom stereocenters. The van der Waals surface area contributed by atoms with E-state index in [9.17, 15) is 23.1 Å². The van der Waals surface area contributed by atoms with E-state index in [1.165, 1.54) is 0 Å². The van der Waals surface area contributed by atoms with E-state index in [0.717, 1.165) is 40.0 Å². The number of carboxylic acid groups (broad SMARTS) is 1. The summed E-state index contributed by atoms with van der Waals surface area (Å²) in [6.07, 6.45) is 0.589. The molecule has 0 bridgehead atoms. The summed E-state index contributed by atoms with van der Waals surface area (Å²) in [7, 11) is -3.40. The summed E-state index contributed by atoms with van der Waals surface area (Å²) >= 11 is 1.77. The number of carboxylic acids is 1. The predicted molar refractivity (Wildman–Crippen MR) is 163 cm³/mol. The first-order chi connectivity index (χ1) is 20.1. The number of amides is 1. The van der Waals surface area contributed by atoms with Gasteiger partial charge in [0.05, 0.1) is 18.5 Å². The molecular weight excluding hydrogens is 578 g/mol. The number of hydrogen-bond donors (Lipinski definition) is 2. The molecule has 1 aliphatic heterocycles. The van der Waals surface area contributed by atoms with E-state index >= 15 is 0 Å². The van der Waals surface area contributed by atoms with Gasteiger partial charge < -0.3 is 24.6 Å². The molecule has 2 atom stereocenters. The molecular formula is C31H35NO8S2. The Morgan fingerprint density at radius 2 is 1.81 bits per heavy atom. The highest BCUT2D eigenvalue weighted by Gasteiger charge is 2.25. The highest BCUT2D eigenvalue weighted by atomic mass is 32.2. The Bertz CT molecular complexity index is 1540. The number of sulfone groups is 1. The van der Waals surface area contributed by atoms with Crippen LogP contribution in [0, 0.1) is 6.92 Å². The monoisotopic (exact) mass is 613 g/mol. The molecule has 0 spiro atoms. The van der Waals surface area contributed by atoms with Crippen molar-refractivity contribution < 1.29 is 37.3 Å². The van der Waals surface area contributed by atoms with E-state index in [1.54, 1.807) is 23.9 Å².